The minimum absolute atomic E-state index is 0.00375. The molecule has 0 saturated carbocycles. The standard InChI is InChI=1S/C26H32F3NO4/c1-15-16(2)18(4)24(19(5)17(15)3)34-22(7-6-13-26(27,28)29)20-8-10-21(11-9-20)25(33)30-14-12-23(31)32/h8-11,22H,6-7,12-14H2,1-5H3,(H,30,33)(H,31,32). The molecule has 0 saturated heterocycles. The molecule has 0 bridgehead atoms. The molecule has 0 heterocycles. The van der Waals surface area contributed by atoms with E-state index in [9.17, 15) is 22.8 Å². The van der Waals surface area contributed by atoms with Crippen molar-refractivity contribution in [1.29, 1.82) is 0 Å². The molecule has 0 aliphatic rings. The van der Waals surface area contributed by atoms with Crippen molar-refractivity contribution >= 4 is 11.9 Å². The van der Waals surface area contributed by atoms with Crippen LogP contribution < -0.4 is 10.1 Å². The van der Waals surface area contributed by atoms with Crippen LogP contribution in [-0.4, -0.2) is 29.7 Å². The first kappa shape index (κ1) is 27.2. The van der Waals surface area contributed by atoms with Crippen molar-refractivity contribution in [3.63, 3.8) is 0 Å². The second kappa shape index (κ2) is 11.4. The molecular weight excluding hydrogens is 447 g/mol. The van der Waals surface area contributed by atoms with Crippen LogP contribution in [0.15, 0.2) is 24.3 Å². The highest BCUT2D eigenvalue weighted by molar-refractivity contribution is 5.94. The summed E-state index contributed by atoms with van der Waals surface area (Å²) >= 11 is 0. The molecule has 1 atom stereocenters. The number of carboxylic acid groups (broad SMARTS) is 1. The van der Waals surface area contributed by atoms with E-state index in [0.717, 1.165) is 27.8 Å². The lowest BCUT2D eigenvalue weighted by Crippen LogP contribution is -2.26. The lowest BCUT2D eigenvalue weighted by Gasteiger charge is -2.25. The average molecular weight is 480 g/mol. The van der Waals surface area contributed by atoms with Crippen molar-refractivity contribution in [2.45, 2.75) is 72.6 Å². The van der Waals surface area contributed by atoms with Gasteiger partial charge in [-0.05, 0) is 93.0 Å². The Morgan fingerprint density at radius 1 is 0.941 bits per heavy atom. The second-order valence-corrected chi connectivity index (χ2v) is 8.59. The fourth-order valence-corrected chi connectivity index (χ4v) is 3.80. The molecule has 2 aromatic carbocycles. The normalized spacial score (nSPS) is 12.4. The number of benzene rings is 2. The minimum Gasteiger partial charge on any atom is -0.485 e. The number of rotatable bonds is 10. The van der Waals surface area contributed by atoms with E-state index in [0.29, 0.717) is 16.9 Å². The first-order valence-corrected chi connectivity index (χ1v) is 11.2. The fourth-order valence-electron chi connectivity index (χ4n) is 3.80. The van der Waals surface area contributed by atoms with Crippen LogP contribution in [0.3, 0.4) is 0 Å². The van der Waals surface area contributed by atoms with Crippen molar-refractivity contribution in [1.82, 2.24) is 5.32 Å². The van der Waals surface area contributed by atoms with E-state index >= 15 is 0 Å². The van der Waals surface area contributed by atoms with Gasteiger partial charge in [-0.15, -0.1) is 0 Å². The van der Waals surface area contributed by atoms with Crippen LogP contribution in [0.5, 0.6) is 5.75 Å². The van der Waals surface area contributed by atoms with Crippen molar-refractivity contribution in [3.8, 4) is 5.75 Å². The summed E-state index contributed by atoms with van der Waals surface area (Å²) < 4.78 is 44.7. The van der Waals surface area contributed by atoms with E-state index in [1.807, 2.05) is 34.6 Å². The lowest BCUT2D eigenvalue weighted by atomic mass is 9.93. The third kappa shape index (κ3) is 7.23. The van der Waals surface area contributed by atoms with Crippen LogP contribution in [0.2, 0.25) is 0 Å². The van der Waals surface area contributed by atoms with Gasteiger partial charge in [0.05, 0.1) is 6.42 Å². The van der Waals surface area contributed by atoms with Gasteiger partial charge >= 0.3 is 12.1 Å². The van der Waals surface area contributed by atoms with Crippen LogP contribution in [0.4, 0.5) is 13.2 Å². The monoisotopic (exact) mass is 479 g/mol. The van der Waals surface area contributed by atoms with E-state index in [4.69, 9.17) is 9.84 Å². The summed E-state index contributed by atoms with van der Waals surface area (Å²) in [5.74, 6) is -0.756. The number of carboxylic acids is 1. The van der Waals surface area contributed by atoms with Gasteiger partial charge in [0.15, 0.2) is 0 Å². The Hall–Kier alpha value is -3.03. The lowest BCUT2D eigenvalue weighted by molar-refractivity contribution is -0.137. The molecule has 0 radical (unpaired) electrons. The first-order valence-electron chi connectivity index (χ1n) is 11.2. The summed E-state index contributed by atoms with van der Waals surface area (Å²) in [6, 6.07) is 6.47. The van der Waals surface area contributed by atoms with Gasteiger partial charge in [-0.3, -0.25) is 9.59 Å². The molecule has 5 nitrogen and oxygen atoms in total. The highest BCUT2D eigenvalue weighted by Gasteiger charge is 2.28. The van der Waals surface area contributed by atoms with Gasteiger partial charge in [0.25, 0.3) is 5.91 Å². The van der Waals surface area contributed by atoms with Crippen molar-refractivity contribution in [3.05, 3.63) is 63.2 Å². The molecule has 186 valence electrons. The van der Waals surface area contributed by atoms with E-state index in [2.05, 4.69) is 5.32 Å². The minimum atomic E-state index is -4.24. The third-order valence-electron chi connectivity index (χ3n) is 6.29. The van der Waals surface area contributed by atoms with Gasteiger partial charge in [0.1, 0.15) is 11.9 Å². The predicted molar refractivity (Wildman–Crippen MR) is 124 cm³/mol. The summed E-state index contributed by atoms with van der Waals surface area (Å²) in [5.41, 5.74) is 6.23. The molecule has 0 aromatic heterocycles. The van der Waals surface area contributed by atoms with Crippen LogP contribution in [0, 0.1) is 34.6 Å². The Kier molecular flexibility index (Phi) is 9.13. The number of carbonyl (C=O) groups excluding carboxylic acids is 1. The Balaban J connectivity index is 2.29. The second-order valence-electron chi connectivity index (χ2n) is 8.59. The molecule has 0 aliphatic heterocycles. The maximum atomic E-state index is 12.8. The number of nitrogens with one attached hydrogen (secondary N) is 1. The van der Waals surface area contributed by atoms with E-state index < -0.39 is 30.6 Å². The molecule has 2 aromatic rings. The molecule has 1 unspecified atom stereocenters. The molecule has 0 aliphatic carbocycles. The van der Waals surface area contributed by atoms with Crippen LogP contribution in [0.1, 0.15) is 75.5 Å². The zero-order valence-corrected chi connectivity index (χ0v) is 20.2. The molecule has 8 heteroatoms. The Labute approximate surface area is 198 Å². The summed E-state index contributed by atoms with van der Waals surface area (Å²) in [6.07, 6.45) is -5.88. The van der Waals surface area contributed by atoms with E-state index in [-0.39, 0.29) is 25.8 Å². The van der Waals surface area contributed by atoms with Crippen molar-refractivity contribution < 1.29 is 32.6 Å². The van der Waals surface area contributed by atoms with Crippen molar-refractivity contribution in [2.75, 3.05) is 6.54 Å². The maximum Gasteiger partial charge on any atom is 0.389 e. The number of aliphatic carboxylic acids is 1. The van der Waals surface area contributed by atoms with Gasteiger partial charge in [-0.25, -0.2) is 0 Å². The van der Waals surface area contributed by atoms with Gasteiger partial charge in [0.2, 0.25) is 0 Å². The Bertz CT molecular complexity index is 1000. The molecule has 0 fully saturated rings. The van der Waals surface area contributed by atoms with E-state index in [1.165, 1.54) is 0 Å². The quantitative estimate of drug-likeness (QED) is 0.420. The fraction of sp³-hybridized carbons (Fsp3) is 0.462. The average Bonchev–Trinajstić information content (AvgIpc) is 2.77. The van der Waals surface area contributed by atoms with Gasteiger partial charge in [0, 0.05) is 18.5 Å². The number of alkyl halides is 3. The number of hydrogen-bond acceptors (Lipinski definition) is 3. The van der Waals surface area contributed by atoms with Gasteiger partial charge in [-0.2, -0.15) is 13.2 Å². The zero-order valence-electron chi connectivity index (χ0n) is 20.2. The summed E-state index contributed by atoms with van der Waals surface area (Å²) in [6.45, 7) is 9.93. The number of amides is 1. The first-order chi connectivity index (χ1) is 15.8. The Morgan fingerprint density at radius 2 is 1.47 bits per heavy atom. The maximum absolute atomic E-state index is 12.8. The molecular formula is C26H32F3NO4. The van der Waals surface area contributed by atoms with E-state index in [1.54, 1.807) is 24.3 Å². The molecule has 0 spiro atoms. The number of halogens is 3. The summed E-state index contributed by atoms with van der Waals surface area (Å²) in [4.78, 5) is 22.8. The smallest absolute Gasteiger partial charge is 0.389 e. The van der Waals surface area contributed by atoms with Crippen LogP contribution in [-0.2, 0) is 4.79 Å². The molecule has 2 N–H and O–H groups in total. The highest BCUT2D eigenvalue weighted by atomic mass is 19.4. The zero-order chi connectivity index (χ0) is 25.6. The van der Waals surface area contributed by atoms with Crippen molar-refractivity contribution in [2.24, 2.45) is 0 Å². The van der Waals surface area contributed by atoms with Crippen LogP contribution >= 0.6 is 0 Å². The molecule has 1 amide bonds. The third-order valence-corrected chi connectivity index (χ3v) is 6.29. The SMILES string of the molecule is Cc1c(C)c(C)c(OC(CCCC(F)(F)F)c2ccc(C(=O)NCCC(=O)O)cc2)c(C)c1C. The predicted octanol–water partition coefficient (Wildman–Crippen LogP) is 6.29. The summed E-state index contributed by atoms with van der Waals surface area (Å²) in [7, 11) is 0. The van der Waals surface area contributed by atoms with Gasteiger partial charge in [-0.1, -0.05) is 12.1 Å². The Morgan fingerprint density at radius 3 is 1.97 bits per heavy atom. The number of ether oxygens (including phenoxy) is 1. The number of carbonyl (C=O) groups is 2. The highest BCUT2D eigenvalue weighted by Crippen LogP contribution is 2.37. The summed E-state index contributed by atoms with van der Waals surface area (Å²) in [5, 5.41) is 11.2. The largest absolute Gasteiger partial charge is 0.485 e. The molecule has 2 rings (SSSR count). The topological polar surface area (TPSA) is 75.6 Å². The van der Waals surface area contributed by atoms with Gasteiger partial charge < -0.3 is 15.2 Å². The number of hydrogen-bond donors (Lipinski definition) is 2. The molecule has 34 heavy (non-hydrogen) atoms. The van der Waals surface area contributed by atoms with Crippen LogP contribution in [0.25, 0.3) is 0 Å².